The normalized spacial score (nSPS) is 12.4. The molecule has 0 bridgehead atoms. The van der Waals surface area contributed by atoms with Crippen LogP contribution >= 0.6 is 0 Å². The highest BCUT2D eigenvalue weighted by molar-refractivity contribution is 6.11. The number of aliphatic carboxylic acids is 1. The van der Waals surface area contributed by atoms with Crippen LogP contribution < -0.4 is 10.5 Å². The average molecular weight is 437 g/mol. The summed E-state index contributed by atoms with van der Waals surface area (Å²) >= 11 is 0. The number of carbonyl (C=O) groups excluding carboxylic acids is 2. The second-order valence-electron chi connectivity index (χ2n) is 7.85. The molecule has 1 aromatic heterocycles. The third-order valence-corrected chi connectivity index (χ3v) is 5.76. The van der Waals surface area contributed by atoms with Crippen molar-refractivity contribution < 1.29 is 24.2 Å². The van der Waals surface area contributed by atoms with Gasteiger partial charge in [0.15, 0.2) is 12.4 Å². The molecule has 2 aromatic carbocycles. The highest BCUT2D eigenvalue weighted by Gasteiger charge is 2.26. The lowest BCUT2D eigenvalue weighted by molar-refractivity contribution is -0.139. The van der Waals surface area contributed by atoms with Crippen LogP contribution in [0.4, 0.5) is 0 Å². The second-order valence-corrected chi connectivity index (χ2v) is 7.85. The fourth-order valence-electron chi connectivity index (χ4n) is 4.53. The highest BCUT2D eigenvalue weighted by Crippen LogP contribution is 2.41. The lowest BCUT2D eigenvalue weighted by Crippen LogP contribution is -2.12. The molecular weight excluding hydrogens is 408 g/mol. The van der Waals surface area contributed by atoms with Crippen molar-refractivity contribution in [2.75, 3.05) is 6.61 Å². The number of fused-ring (bicyclic) bond motifs is 3. The van der Waals surface area contributed by atoms with E-state index in [2.05, 4.69) is 22.4 Å². The molecule has 0 atom stereocenters. The van der Waals surface area contributed by atoms with Gasteiger partial charge in [0.25, 0.3) is 0 Å². The van der Waals surface area contributed by atoms with Crippen LogP contribution in [0.5, 0.6) is 5.75 Å². The van der Waals surface area contributed by atoms with Crippen molar-refractivity contribution in [2.45, 2.75) is 46.1 Å². The number of benzene rings is 2. The Bertz CT molecular complexity index is 1150. The van der Waals surface area contributed by atoms with Crippen LogP contribution in [-0.4, -0.2) is 34.4 Å². The molecule has 3 N–H and O–H groups in total. The van der Waals surface area contributed by atoms with Crippen molar-refractivity contribution in [1.82, 2.24) is 4.57 Å². The molecule has 1 aliphatic carbocycles. The van der Waals surface area contributed by atoms with E-state index >= 15 is 0 Å². The topological polar surface area (TPSA) is 112 Å². The molecule has 1 heterocycles. The molecule has 0 aliphatic heterocycles. The number of carboxylic acid groups (broad SMARTS) is 1. The highest BCUT2D eigenvalue weighted by atomic mass is 16.5. The number of nitrogens with zero attached hydrogens (tertiary/aromatic N) is 1. The van der Waals surface area contributed by atoms with Gasteiger partial charge in [-0.1, -0.05) is 30.3 Å². The van der Waals surface area contributed by atoms with Gasteiger partial charge in [-0.3, -0.25) is 9.59 Å². The Morgan fingerprint density at radius 2 is 1.84 bits per heavy atom. The molecular formula is C25H28N2O5. The van der Waals surface area contributed by atoms with Gasteiger partial charge in [0.05, 0.1) is 10.9 Å². The summed E-state index contributed by atoms with van der Waals surface area (Å²) in [5.41, 5.74) is 10.3. The standard InChI is InChI=1S/C24H25NO4.CH3NO/c1-15-22(16(2)26)23-20(29-14-21(27)28)12-18-10-6-7-11-19(18)24(23)25(15)13-17-8-4-3-5-9-17;2-1-3/h3-5,8-9,12H,6-7,10-11,13-14H2,1-2H3,(H,27,28);1H,(H2,2,3). The van der Waals surface area contributed by atoms with Crippen LogP contribution in [0.25, 0.3) is 10.9 Å². The van der Waals surface area contributed by atoms with Gasteiger partial charge in [-0.15, -0.1) is 0 Å². The maximum Gasteiger partial charge on any atom is 0.341 e. The number of ether oxygens (including phenoxy) is 1. The van der Waals surface area contributed by atoms with E-state index in [-0.39, 0.29) is 12.2 Å². The lowest BCUT2D eigenvalue weighted by Gasteiger charge is -2.21. The molecule has 4 rings (SSSR count). The van der Waals surface area contributed by atoms with Gasteiger partial charge in [-0.05, 0) is 62.3 Å². The molecule has 3 aromatic rings. The zero-order valence-corrected chi connectivity index (χ0v) is 18.4. The Balaban J connectivity index is 0.000000913. The van der Waals surface area contributed by atoms with E-state index in [1.807, 2.05) is 31.2 Å². The number of amides is 1. The smallest absolute Gasteiger partial charge is 0.341 e. The minimum absolute atomic E-state index is 0.0322. The fourth-order valence-corrected chi connectivity index (χ4v) is 4.53. The van der Waals surface area contributed by atoms with Gasteiger partial charge in [-0.2, -0.15) is 0 Å². The van der Waals surface area contributed by atoms with Crippen LogP contribution in [0, 0.1) is 6.92 Å². The van der Waals surface area contributed by atoms with Gasteiger partial charge >= 0.3 is 5.97 Å². The van der Waals surface area contributed by atoms with Crippen LogP contribution in [0.2, 0.25) is 0 Å². The third-order valence-electron chi connectivity index (χ3n) is 5.76. The largest absolute Gasteiger partial charge is 0.481 e. The van der Waals surface area contributed by atoms with Crippen LogP contribution in [0.3, 0.4) is 0 Å². The van der Waals surface area contributed by atoms with E-state index < -0.39 is 12.6 Å². The van der Waals surface area contributed by atoms with E-state index in [1.54, 1.807) is 6.92 Å². The first-order valence-electron chi connectivity index (χ1n) is 10.6. The van der Waals surface area contributed by atoms with Gasteiger partial charge < -0.3 is 20.1 Å². The third kappa shape index (κ3) is 4.66. The Morgan fingerprint density at radius 3 is 2.47 bits per heavy atom. The summed E-state index contributed by atoms with van der Waals surface area (Å²) in [6.45, 7) is 3.77. The first-order valence-corrected chi connectivity index (χ1v) is 10.6. The molecule has 0 fully saturated rings. The number of Topliss-reactive ketones (excluding diaryl/α,β-unsaturated/α-hetero) is 1. The molecule has 0 radical (unpaired) electrons. The molecule has 0 saturated carbocycles. The number of rotatable bonds is 6. The van der Waals surface area contributed by atoms with Gasteiger partial charge in [0.2, 0.25) is 6.41 Å². The molecule has 7 nitrogen and oxygen atoms in total. The Kier molecular flexibility index (Phi) is 7.30. The fraction of sp³-hybridized carbons (Fsp3) is 0.320. The monoisotopic (exact) mass is 436 g/mol. The number of carbonyl (C=O) groups is 3. The number of primary amides is 1. The van der Waals surface area contributed by atoms with Crippen LogP contribution in [-0.2, 0) is 29.0 Å². The summed E-state index contributed by atoms with van der Waals surface area (Å²) in [5, 5.41) is 9.88. The summed E-state index contributed by atoms with van der Waals surface area (Å²) in [5.74, 6) is -0.556. The predicted molar refractivity (Wildman–Crippen MR) is 122 cm³/mol. The van der Waals surface area contributed by atoms with Crippen LogP contribution in [0.1, 0.15) is 52.5 Å². The maximum atomic E-state index is 12.6. The van der Waals surface area contributed by atoms with Crippen molar-refractivity contribution in [3.8, 4) is 5.75 Å². The zero-order chi connectivity index (χ0) is 23.3. The number of aromatic nitrogens is 1. The van der Waals surface area contributed by atoms with Gasteiger partial charge in [0, 0.05) is 17.8 Å². The molecule has 0 unspecified atom stereocenters. The Labute approximate surface area is 186 Å². The van der Waals surface area contributed by atoms with E-state index in [0.29, 0.717) is 17.9 Å². The second kappa shape index (κ2) is 10.1. The van der Waals surface area contributed by atoms with Crippen molar-refractivity contribution in [2.24, 2.45) is 5.73 Å². The molecule has 0 spiro atoms. The maximum absolute atomic E-state index is 12.6. The number of carboxylic acids is 1. The summed E-state index contributed by atoms with van der Waals surface area (Å²) in [4.78, 5) is 32.3. The number of aryl methyl sites for hydroxylation is 2. The average Bonchev–Trinajstić information content (AvgIpc) is 3.06. The molecule has 1 aliphatic rings. The first-order chi connectivity index (χ1) is 15.4. The van der Waals surface area contributed by atoms with Gasteiger partial charge in [0.1, 0.15) is 5.75 Å². The number of hydrogen-bond acceptors (Lipinski definition) is 4. The van der Waals surface area contributed by atoms with E-state index in [0.717, 1.165) is 47.8 Å². The van der Waals surface area contributed by atoms with Crippen molar-refractivity contribution in [3.63, 3.8) is 0 Å². The first kappa shape index (κ1) is 23.1. The number of ketones is 1. The number of nitrogens with two attached hydrogens (primary N) is 1. The van der Waals surface area contributed by atoms with Crippen molar-refractivity contribution in [1.29, 1.82) is 0 Å². The van der Waals surface area contributed by atoms with E-state index in [4.69, 9.17) is 14.6 Å². The minimum Gasteiger partial charge on any atom is -0.481 e. The Morgan fingerprint density at radius 1 is 1.19 bits per heavy atom. The van der Waals surface area contributed by atoms with Crippen molar-refractivity contribution in [3.05, 3.63) is 64.3 Å². The zero-order valence-electron chi connectivity index (χ0n) is 18.4. The summed E-state index contributed by atoms with van der Waals surface area (Å²) < 4.78 is 7.90. The molecule has 7 heteroatoms. The minimum atomic E-state index is -1.03. The van der Waals surface area contributed by atoms with E-state index in [9.17, 15) is 9.59 Å². The SMILES string of the molecule is CC(=O)c1c(C)n(Cc2ccccc2)c2c3c(cc(OCC(=O)O)c12)CCCC3.NC=O. The van der Waals surface area contributed by atoms with Crippen LogP contribution in [0.15, 0.2) is 36.4 Å². The quantitative estimate of drug-likeness (QED) is 0.453. The molecule has 1 amide bonds. The Hall–Kier alpha value is -3.61. The number of hydrogen-bond donors (Lipinski definition) is 2. The predicted octanol–water partition coefficient (Wildman–Crippen LogP) is 3.64. The molecule has 0 saturated heterocycles. The molecule has 32 heavy (non-hydrogen) atoms. The summed E-state index contributed by atoms with van der Waals surface area (Å²) in [7, 11) is 0. The lowest BCUT2D eigenvalue weighted by atomic mass is 9.89. The van der Waals surface area contributed by atoms with E-state index in [1.165, 1.54) is 11.1 Å². The van der Waals surface area contributed by atoms with Crippen molar-refractivity contribution >= 4 is 29.1 Å². The van der Waals surface area contributed by atoms with Gasteiger partial charge in [-0.25, -0.2) is 4.79 Å². The molecule has 168 valence electrons. The summed E-state index contributed by atoms with van der Waals surface area (Å²) in [6, 6.07) is 12.1. The summed E-state index contributed by atoms with van der Waals surface area (Å²) in [6.07, 6.45) is 4.37.